The summed E-state index contributed by atoms with van der Waals surface area (Å²) in [6.07, 6.45) is 1.53. The number of thiophene rings is 1. The average molecular weight is 448 g/mol. The number of nitrogens with zero attached hydrogens (tertiary/aromatic N) is 1. The van der Waals surface area contributed by atoms with Crippen molar-refractivity contribution in [3.05, 3.63) is 82.6 Å². The van der Waals surface area contributed by atoms with Crippen LogP contribution in [0.15, 0.2) is 72.1 Å². The summed E-state index contributed by atoms with van der Waals surface area (Å²) < 4.78 is 0. The van der Waals surface area contributed by atoms with Crippen molar-refractivity contribution in [1.29, 1.82) is 0 Å². The number of nitrogens with one attached hydrogen (secondary N) is 2. The van der Waals surface area contributed by atoms with E-state index in [9.17, 15) is 14.4 Å². The van der Waals surface area contributed by atoms with Gasteiger partial charge in [-0.1, -0.05) is 36.4 Å². The molecule has 0 aliphatic carbocycles. The second-order valence-corrected chi connectivity index (χ2v) is 8.79. The minimum absolute atomic E-state index is 0.0219. The minimum atomic E-state index is -0.147. The van der Waals surface area contributed by atoms with E-state index in [4.69, 9.17) is 0 Å². The summed E-state index contributed by atoms with van der Waals surface area (Å²) in [7, 11) is 0. The topological polar surface area (TPSA) is 78.5 Å². The lowest BCUT2D eigenvalue weighted by molar-refractivity contribution is -0.117. The molecule has 1 fully saturated rings. The molecule has 2 N–H and O–H groups in total. The number of rotatable bonds is 7. The highest BCUT2D eigenvalue weighted by Crippen LogP contribution is 2.22. The molecule has 164 valence electrons. The molecule has 2 aromatic carbocycles. The van der Waals surface area contributed by atoms with E-state index in [2.05, 4.69) is 15.5 Å². The van der Waals surface area contributed by atoms with Crippen LogP contribution >= 0.6 is 11.3 Å². The minimum Gasteiger partial charge on any atom is -0.325 e. The molecule has 0 saturated carbocycles. The number of amides is 2. The second-order valence-electron chi connectivity index (χ2n) is 7.84. The molecule has 4 rings (SSSR count). The SMILES string of the molecule is O=C(CN1CCC(C(=O)c2ccccc2)CC1)Nc1ccc(NC(=O)c2cccs2)cc1. The van der Waals surface area contributed by atoms with E-state index in [-0.39, 0.29) is 23.5 Å². The lowest BCUT2D eigenvalue weighted by Crippen LogP contribution is -2.40. The molecule has 1 saturated heterocycles. The van der Waals surface area contributed by atoms with Crippen molar-refractivity contribution in [1.82, 2.24) is 4.90 Å². The smallest absolute Gasteiger partial charge is 0.265 e. The predicted molar refractivity (Wildman–Crippen MR) is 127 cm³/mol. The summed E-state index contributed by atoms with van der Waals surface area (Å²) in [5, 5.41) is 7.60. The number of ketones is 1. The molecule has 1 aliphatic rings. The van der Waals surface area contributed by atoms with Gasteiger partial charge in [0.25, 0.3) is 5.91 Å². The number of carbonyl (C=O) groups is 3. The quantitative estimate of drug-likeness (QED) is 0.522. The van der Waals surface area contributed by atoms with Crippen LogP contribution in [0.1, 0.15) is 32.9 Å². The Morgan fingerprint density at radius 3 is 2.12 bits per heavy atom. The third-order valence-corrected chi connectivity index (χ3v) is 6.42. The van der Waals surface area contributed by atoms with E-state index in [0.29, 0.717) is 22.8 Å². The molecule has 0 unspecified atom stereocenters. The van der Waals surface area contributed by atoms with E-state index < -0.39 is 0 Å². The van der Waals surface area contributed by atoms with E-state index in [0.717, 1.165) is 31.5 Å². The van der Waals surface area contributed by atoms with Crippen LogP contribution in [0.5, 0.6) is 0 Å². The van der Waals surface area contributed by atoms with Gasteiger partial charge in [0.1, 0.15) is 0 Å². The zero-order valence-electron chi connectivity index (χ0n) is 17.6. The summed E-state index contributed by atoms with van der Waals surface area (Å²) in [4.78, 5) is 39.9. The van der Waals surface area contributed by atoms with Crippen LogP contribution in [0.3, 0.4) is 0 Å². The molecule has 0 bridgehead atoms. The maximum absolute atomic E-state index is 12.6. The summed E-state index contributed by atoms with van der Waals surface area (Å²) in [5.74, 6) is -0.0197. The van der Waals surface area contributed by atoms with Crippen molar-refractivity contribution >= 4 is 40.3 Å². The van der Waals surface area contributed by atoms with E-state index in [1.165, 1.54) is 11.3 Å². The van der Waals surface area contributed by atoms with Crippen molar-refractivity contribution < 1.29 is 14.4 Å². The van der Waals surface area contributed by atoms with Crippen LogP contribution in [-0.2, 0) is 4.79 Å². The molecular weight excluding hydrogens is 422 g/mol. The second kappa shape index (κ2) is 10.3. The van der Waals surface area contributed by atoms with Gasteiger partial charge in [-0.3, -0.25) is 19.3 Å². The van der Waals surface area contributed by atoms with Gasteiger partial charge < -0.3 is 10.6 Å². The van der Waals surface area contributed by atoms with Crippen molar-refractivity contribution in [2.45, 2.75) is 12.8 Å². The number of hydrogen-bond acceptors (Lipinski definition) is 5. The molecule has 0 radical (unpaired) electrons. The lowest BCUT2D eigenvalue weighted by Gasteiger charge is -2.30. The first kappa shape index (κ1) is 21.9. The maximum atomic E-state index is 12.6. The van der Waals surface area contributed by atoms with Crippen LogP contribution in [0, 0.1) is 5.92 Å². The Labute approximate surface area is 191 Å². The monoisotopic (exact) mass is 447 g/mol. The normalized spacial score (nSPS) is 14.6. The molecule has 0 atom stereocenters. The van der Waals surface area contributed by atoms with Gasteiger partial charge in [0, 0.05) is 22.9 Å². The Kier molecular flexibility index (Phi) is 7.09. The van der Waals surface area contributed by atoms with Gasteiger partial charge in [0.15, 0.2) is 5.78 Å². The van der Waals surface area contributed by atoms with Crippen LogP contribution < -0.4 is 10.6 Å². The Bertz CT molecular complexity index is 1060. The molecule has 3 aromatic rings. The summed E-state index contributed by atoms with van der Waals surface area (Å²) >= 11 is 1.39. The third-order valence-electron chi connectivity index (χ3n) is 5.56. The molecule has 0 spiro atoms. The van der Waals surface area contributed by atoms with Gasteiger partial charge in [-0.2, -0.15) is 0 Å². The van der Waals surface area contributed by atoms with Crippen molar-refractivity contribution in [2.75, 3.05) is 30.3 Å². The Balaban J connectivity index is 1.22. The Morgan fingerprint density at radius 1 is 0.844 bits per heavy atom. The first-order valence-electron chi connectivity index (χ1n) is 10.6. The Hall–Kier alpha value is -3.29. The predicted octanol–water partition coefficient (Wildman–Crippen LogP) is 4.53. The summed E-state index contributed by atoms with van der Waals surface area (Å²) in [5.41, 5.74) is 2.11. The molecule has 1 aromatic heterocycles. The van der Waals surface area contributed by atoms with Gasteiger partial charge in [0.2, 0.25) is 5.91 Å². The van der Waals surface area contributed by atoms with Crippen LogP contribution in [-0.4, -0.2) is 42.1 Å². The van der Waals surface area contributed by atoms with Crippen LogP contribution in [0.25, 0.3) is 0 Å². The molecule has 6 nitrogen and oxygen atoms in total. The average Bonchev–Trinajstić information content (AvgIpc) is 3.36. The molecule has 2 amide bonds. The number of benzene rings is 2. The zero-order valence-corrected chi connectivity index (χ0v) is 18.4. The number of Topliss-reactive ketones (excluding diaryl/α,β-unsaturated/α-hetero) is 1. The number of piperidine rings is 1. The van der Waals surface area contributed by atoms with Crippen LogP contribution in [0.4, 0.5) is 11.4 Å². The summed E-state index contributed by atoms with van der Waals surface area (Å²) in [6.45, 7) is 1.75. The largest absolute Gasteiger partial charge is 0.325 e. The van der Waals surface area contributed by atoms with Gasteiger partial charge in [-0.15, -0.1) is 11.3 Å². The highest BCUT2D eigenvalue weighted by atomic mass is 32.1. The number of anilines is 2. The van der Waals surface area contributed by atoms with E-state index in [1.54, 1.807) is 30.3 Å². The molecular formula is C25H25N3O3S. The fourth-order valence-corrected chi connectivity index (χ4v) is 4.45. The standard InChI is InChI=1S/C25H25N3O3S/c29-23(17-28-14-12-19(13-15-28)24(30)18-5-2-1-3-6-18)26-20-8-10-21(11-9-20)27-25(31)22-7-4-16-32-22/h1-11,16,19H,12-15,17H2,(H,26,29)(H,27,31). The van der Waals surface area contributed by atoms with Crippen molar-refractivity contribution in [3.8, 4) is 0 Å². The molecule has 1 aliphatic heterocycles. The van der Waals surface area contributed by atoms with E-state index in [1.807, 2.05) is 41.8 Å². The Morgan fingerprint density at radius 2 is 1.50 bits per heavy atom. The van der Waals surface area contributed by atoms with Crippen molar-refractivity contribution in [3.63, 3.8) is 0 Å². The lowest BCUT2D eigenvalue weighted by atomic mass is 9.89. The fourth-order valence-electron chi connectivity index (χ4n) is 3.83. The highest BCUT2D eigenvalue weighted by Gasteiger charge is 2.26. The van der Waals surface area contributed by atoms with Gasteiger partial charge >= 0.3 is 0 Å². The number of hydrogen-bond donors (Lipinski definition) is 2. The number of carbonyl (C=O) groups excluding carboxylic acids is 3. The first-order valence-corrected chi connectivity index (χ1v) is 11.5. The molecule has 32 heavy (non-hydrogen) atoms. The molecule has 2 heterocycles. The maximum Gasteiger partial charge on any atom is 0.265 e. The molecule has 7 heteroatoms. The van der Waals surface area contributed by atoms with Gasteiger partial charge in [-0.25, -0.2) is 0 Å². The van der Waals surface area contributed by atoms with E-state index >= 15 is 0 Å². The van der Waals surface area contributed by atoms with Gasteiger partial charge in [0.05, 0.1) is 11.4 Å². The third kappa shape index (κ3) is 5.69. The van der Waals surface area contributed by atoms with Crippen molar-refractivity contribution in [2.24, 2.45) is 5.92 Å². The summed E-state index contributed by atoms with van der Waals surface area (Å²) in [6, 6.07) is 20.1. The van der Waals surface area contributed by atoms with Gasteiger partial charge in [-0.05, 0) is 61.6 Å². The number of likely N-dealkylation sites (tertiary alicyclic amines) is 1. The fraction of sp³-hybridized carbons (Fsp3) is 0.240. The highest BCUT2D eigenvalue weighted by molar-refractivity contribution is 7.12. The first-order chi connectivity index (χ1) is 15.6. The van der Waals surface area contributed by atoms with Crippen LogP contribution in [0.2, 0.25) is 0 Å². The zero-order chi connectivity index (χ0) is 22.3.